The van der Waals surface area contributed by atoms with Crippen LogP contribution >= 0.6 is 0 Å². The largest absolute Gasteiger partial charge is 0.342 e. The van der Waals surface area contributed by atoms with Crippen molar-refractivity contribution in [3.8, 4) is 0 Å². The molecule has 0 saturated carbocycles. The Morgan fingerprint density at radius 2 is 1.75 bits per heavy atom. The van der Waals surface area contributed by atoms with Crippen molar-refractivity contribution < 1.29 is 4.79 Å². The zero-order valence-electron chi connectivity index (χ0n) is 15.6. The molecule has 1 aromatic heterocycles. The summed E-state index contributed by atoms with van der Waals surface area (Å²) in [6.07, 6.45) is 0. The number of carbonyl (C=O) groups excluding carboxylic acids is 1. The van der Waals surface area contributed by atoms with Gasteiger partial charge in [0.1, 0.15) is 6.04 Å². The van der Waals surface area contributed by atoms with Gasteiger partial charge >= 0.3 is 0 Å². The minimum absolute atomic E-state index is 0.102. The van der Waals surface area contributed by atoms with Gasteiger partial charge in [0, 0.05) is 19.3 Å². The molecule has 1 heterocycles. The number of hydrogen-bond acceptors (Lipinski definition) is 3. The number of likely N-dealkylation sites (N-methyl/N-ethyl adjacent to an activating group) is 2. The Hall–Kier alpha value is -2.14. The van der Waals surface area contributed by atoms with E-state index in [2.05, 4.69) is 30.2 Å². The van der Waals surface area contributed by atoms with E-state index in [0.717, 1.165) is 17.0 Å². The van der Waals surface area contributed by atoms with E-state index in [-0.39, 0.29) is 11.9 Å². The van der Waals surface area contributed by atoms with E-state index < -0.39 is 0 Å². The molecule has 5 heteroatoms. The van der Waals surface area contributed by atoms with Crippen LogP contribution in [0.5, 0.6) is 0 Å². The molecule has 1 amide bonds. The van der Waals surface area contributed by atoms with Crippen LogP contribution in [-0.4, -0.2) is 53.2 Å². The lowest BCUT2D eigenvalue weighted by Crippen LogP contribution is -2.39. The molecule has 0 N–H and O–H groups in total. The number of carbonyl (C=O) groups is 1. The maximum absolute atomic E-state index is 12.9. The molecule has 5 nitrogen and oxygen atoms in total. The van der Waals surface area contributed by atoms with E-state index in [1.165, 1.54) is 5.56 Å². The molecule has 0 spiro atoms. The number of hydrogen-bond donors (Lipinski definition) is 0. The van der Waals surface area contributed by atoms with Crippen LogP contribution in [0.2, 0.25) is 0 Å². The average Bonchev–Trinajstić information content (AvgIpc) is 2.84. The minimum Gasteiger partial charge on any atom is -0.342 e. The topological polar surface area (TPSA) is 41.4 Å². The fourth-order valence-electron chi connectivity index (χ4n) is 2.88. The fraction of sp³-hybridized carbons (Fsp3) is 0.474. The first-order valence-electron chi connectivity index (χ1n) is 8.28. The Balaban J connectivity index is 2.08. The molecular weight excluding hydrogens is 300 g/mol. The van der Waals surface area contributed by atoms with Crippen molar-refractivity contribution in [1.29, 1.82) is 0 Å². The first kappa shape index (κ1) is 18.2. The van der Waals surface area contributed by atoms with Crippen LogP contribution in [0.4, 0.5) is 0 Å². The van der Waals surface area contributed by atoms with Crippen molar-refractivity contribution in [1.82, 2.24) is 19.6 Å². The maximum Gasteiger partial charge on any atom is 0.244 e. The molecule has 130 valence electrons. The van der Waals surface area contributed by atoms with E-state index in [1.807, 2.05) is 56.7 Å². The average molecular weight is 328 g/mol. The second-order valence-corrected chi connectivity index (χ2v) is 6.69. The Labute approximate surface area is 144 Å². The molecule has 0 radical (unpaired) electrons. The van der Waals surface area contributed by atoms with Crippen LogP contribution in [0.25, 0.3) is 0 Å². The van der Waals surface area contributed by atoms with Gasteiger partial charge in [-0.05, 0) is 46.5 Å². The van der Waals surface area contributed by atoms with Crippen LogP contribution in [0.3, 0.4) is 0 Å². The molecule has 0 saturated heterocycles. The van der Waals surface area contributed by atoms with E-state index in [0.29, 0.717) is 13.1 Å². The van der Waals surface area contributed by atoms with E-state index in [9.17, 15) is 4.79 Å². The molecule has 0 fully saturated rings. The van der Waals surface area contributed by atoms with Gasteiger partial charge in [-0.15, -0.1) is 0 Å². The van der Waals surface area contributed by atoms with Gasteiger partial charge in [0.2, 0.25) is 5.91 Å². The highest BCUT2D eigenvalue weighted by Gasteiger charge is 2.25. The van der Waals surface area contributed by atoms with Crippen molar-refractivity contribution in [2.75, 3.05) is 27.7 Å². The van der Waals surface area contributed by atoms with Gasteiger partial charge in [-0.2, -0.15) is 5.10 Å². The zero-order chi connectivity index (χ0) is 17.9. The summed E-state index contributed by atoms with van der Waals surface area (Å²) in [7, 11) is 5.74. The predicted molar refractivity (Wildman–Crippen MR) is 96.9 cm³/mol. The molecule has 0 bridgehead atoms. The molecule has 24 heavy (non-hydrogen) atoms. The maximum atomic E-state index is 12.9. The number of aromatic nitrogens is 2. The monoisotopic (exact) mass is 328 g/mol. The van der Waals surface area contributed by atoms with E-state index >= 15 is 0 Å². The van der Waals surface area contributed by atoms with Gasteiger partial charge in [-0.1, -0.05) is 29.8 Å². The van der Waals surface area contributed by atoms with Crippen LogP contribution < -0.4 is 0 Å². The van der Waals surface area contributed by atoms with E-state index in [4.69, 9.17) is 0 Å². The quantitative estimate of drug-likeness (QED) is 0.818. The van der Waals surface area contributed by atoms with Gasteiger partial charge in [-0.25, -0.2) is 0 Å². The number of aryl methyl sites for hydroxylation is 3. The van der Waals surface area contributed by atoms with Crippen LogP contribution in [0, 0.1) is 20.8 Å². The minimum atomic E-state index is -0.268. The fourth-order valence-corrected chi connectivity index (χ4v) is 2.88. The predicted octanol–water partition coefficient (Wildman–Crippen LogP) is 2.57. The summed E-state index contributed by atoms with van der Waals surface area (Å²) in [5, 5.41) is 4.46. The first-order valence-corrected chi connectivity index (χ1v) is 8.28. The van der Waals surface area contributed by atoms with Gasteiger partial charge in [0.05, 0.1) is 12.2 Å². The zero-order valence-corrected chi connectivity index (χ0v) is 15.6. The lowest BCUT2D eigenvalue weighted by Gasteiger charge is -2.29. The third-order valence-corrected chi connectivity index (χ3v) is 4.27. The molecule has 1 atom stereocenters. The molecule has 1 aromatic carbocycles. The molecule has 0 aliphatic heterocycles. The smallest absolute Gasteiger partial charge is 0.244 e. The third kappa shape index (κ3) is 4.23. The highest BCUT2D eigenvalue weighted by Crippen LogP contribution is 2.21. The van der Waals surface area contributed by atoms with E-state index in [1.54, 1.807) is 4.90 Å². The lowest BCUT2D eigenvalue weighted by atomic mass is 10.0. The summed E-state index contributed by atoms with van der Waals surface area (Å²) in [5.41, 5.74) is 4.35. The summed E-state index contributed by atoms with van der Waals surface area (Å²) in [6.45, 7) is 7.42. The second kappa shape index (κ2) is 7.62. The van der Waals surface area contributed by atoms with Crippen molar-refractivity contribution in [3.63, 3.8) is 0 Å². The summed E-state index contributed by atoms with van der Waals surface area (Å²) >= 11 is 0. The Morgan fingerprint density at radius 3 is 2.25 bits per heavy atom. The van der Waals surface area contributed by atoms with Crippen LogP contribution in [0.15, 0.2) is 30.3 Å². The van der Waals surface area contributed by atoms with Crippen molar-refractivity contribution in [2.24, 2.45) is 0 Å². The summed E-state index contributed by atoms with van der Waals surface area (Å²) in [4.78, 5) is 16.7. The highest BCUT2D eigenvalue weighted by molar-refractivity contribution is 5.83. The van der Waals surface area contributed by atoms with Gasteiger partial charge in [0.15, 0.2) is 0 Å². The number of nitrogens with zero attached hydrogens (tertiary/aromatic N) is 4. The number of benzene rings is 1. The number of amides is 1. The SMILES string of the molecule is Cc1ccc([C@H](C(=O)N(C)CCn2nc(C)cc2C)N(C)C)cc1. The first-order chi connectivity index (χ1) is 11.3. The Bertz CT molecular complexity index is 688. The summed E-state index contributed by atoms with van der Waals surface area (Å²) in [5.74, 6) is 0.102. The van der Waals surface area contributed by atoms with Crippen molar-refractivity contribution in [3.05, 3.63) is 52.8 Å². The molecular formula is C19H28N4O. The highest BCUT2D eigenvalue weighted by atomic mass is 16.2. The number of rotatable bonds is 6. The summed E-state index contributed by atoms with van der Waals surface area (Å²) in [6, 6.07) is 9.95. The molecule has 2 rings (SSSR count). The van der Waals surface area contributed by atoms with Gasteiger partial charge in [-0.3, -0.25) is 14.4 Å². The normalized spacial score (nSPS) is 12.5. The molecule has 0 aliphatic carbocycles. The van der Waals surface area contributed by atoms with Gasteiger partial charge < -0.3 is 4.90 Å². The second-order valence-electron chi connectivity index (χ2n) is 6.69. The molecule has 0 aliphatic rings. The van der Waals surface area contributed by atoms with Gasteiger partial charge in [0.25, 0.3) is 0 Å². The van der Waals surface area contributed by atoms with Crippen LogP contribution in [-0.2, 0) is 11.3 Å². The van der Waals surface area contributed by atoms with Crippen LogP contribution in [0.1, 0.15) is 28.6 Å². The summed E-state index contributed by atoms with van der Waals surface area (Å²) < 4.78 is 1.95. The Kier molecular flexibility index (Phi) is 5.78. The van der Waals surface area contributed by atoms with Crippen molar-refractivity contribution in [2.45, 2.75) is 33.4 Å². The van der Waals surface area contributed by atoms with Crippen molar-refractivity contribution >= 4 is 5.91 Å². The lowest BCUT2D eigenvalue weighted by molar-refractivity contribution is -0.135. The molecule has 0 unspecified atom stereocenters. The Morgan fingerprint density at radius 1 is 1.12 bits per heavy atom. The molecule has 2 aromatic rings. The third-order valence-electron chi connectivity index (χ3n) is 4.27. The standard InChI is InChI=1S/C19H28N4O/c1-14-7-9-17(10-8-14)18(21(4)5)19(24)22(6)11-12-23-16(3)13-15(2)20-23/h7-10,13,18H,11-12H2,1-6H3/t18-/m1/s1.